The molecule has 0 aliphatic heterocycles. The van der Waals surface area contributed by atoms with E-state index in [2.05, 4.69) is 0 Å². The van der Waals surface area contributed by atoms with Gasteiger partial charge in [0.15, 0.2) is 11.6 Å². The van der Waals surface area contributed by atoms with E-state index < -0.39 is 29.4 Å². The van der Waals surface area contributed by atoms with Crippen LogP contribution in [0.25, 0.3) is 11.1 Å². The predicted octanol–water partition coefficient (Wildman–Crippen LogP) is 4.71. The summed E-state index contributed by atoms with van der Waals surface area (Å²) < 4.78 is 64.5. The zero-order valence-corrected chi connectivity index (χ0v) is 8.93. The molecule has 0 aliphatic carbocycles. The van der Waals surface area contributed by atoms with Gasteiger partial charge in [-0.2, -0.15) is 0 Å². The Morgan fingerprint density at radius 2 is 1.56 bits per heavy atom. The van der Waals surface area contributed by atoms with Crippen molar-refractivity contribution in [3.05, 3.63) is 59.4 Å². The molecule has 5 heteroatoms. The standard InChI is InChI=1S/C13H7F5/c14-10-5-4-7(6-9(10)13(17)18)8-2-1-3-11(15)12(8)16/h1-6,13H. The van der Waals surface area contributed by atoms with Gasteiger partial charge in [-0.3, -0.25) is 0 Å². The van der Waals surface area contributed by atoms with Gasteiger partial charge in [0, 0.05) is 5.56 Å². The number of hydrogen-bond donors (Lipinski definition) is 0. The van der Waals surface area contributed by atoms with Crippen LogP contribution in [-0.2, 0) is 0 Å². The second-order valence-electron chi connectivity index (χ2n) is 3.64. The summed E-state index contributed by atoms with van der Waals surface area (Å²) in [5.74, 6) is -3.31. The van der Waals surface area contributed by atoms with Crippen LogP contribution in [0.3, 0.4) is 0 Å². The maximum Gasteiger partial charge on any atom is 0.266 e. The number of hydrogen-bond acceptors (Lipinski definition) is 0. The minimum Gasteiger partial charge on any atom is -0.206 e. The molecule has 0 radical (unpaired) electrons. The molecule has 0 unspecified atom stereocenters. The molecule has 0 amide bonds. The van der Waals surface area contributed by atoms with Gasteiger partial charge in [-0.05, 0) is 23.8 Å². The largest absolute Gasteiger partial charge is 0.266 e. The normalized spacial score (nSPS) is 11.0. The average Bonchev–Trinajstić information content (AvgIpc) is 2.33. The molecule has 0 saturated heterocycles. The van der Waals surface area contributed by atoms with Crippen LogP contribution in [0.15, 0.2) is 36.4 Å². The molecule has 0 fully saturated rings. The topological polar surface area (TPSA) is 0 Å². The van der Waals surface area contributed by atoms with E-state index >= 15 is 0 Å². The highest BCUT2D eigenvalue weighted by Gasteiger charge is 2.16. The molecule has 94 valence electrons. The molecular formula is C13H7F5. The van der Waals surface area contributed by atoms with Gasteiger partial charge in [-0.25, -0.2) is 22.0 Å². The Balaban J connectivity index is 2.58. The highest BCUT2D eigenvalue weighted by Crippen LogP contribution is 2.30. The zero-order valence-electron chi connectivity index (χ0n) is 8.93. The van der Waals surface area contributed by atoms with E-state index in [1.165, 1.54) is 12.1 Å². The molecule has 18 heavy (non-hydrogen) atoms. The Bertz CT molecular complexity index is 578. The molecule has 0 bridgehead atoms. The highest BCUT2D eigenvalue weighted by molar-refractivity contribution is 5.65. The summed E-state index contributed by atoms with van der Waals surface area (Å²) in [6.07, 6.45) is -3.01. The quantitative estimate of drug-likeness (QED) is 0.684. The van der Waals surface area contributed by atoms with Crippen molar-refractivity contribution in [2.24, 2.45) is 0 Å². The van der Waals surface area contributed by atoms with Gasteiger partial charge in [0.05, 0.1) is 5.56 Å². The van der Waals surface area contributed by atoms with Gasteiger partial charge >= 0.3 is 0 Å². The summed E-state index contributed by atoms with van der Waals surface area (Å²) in [4.78, 5) is 0. The molecule has 0 N–H and O–H groups in total. The number of halogens is 5. The van der Waals surface area contributed by atoms with Crippen LogP contribution in [0.1, 0.15) is 12.0 Å². The van der Waals surface area contributed by atoms with Crippen LogP contribution < -0.4 is 0 Å². The molecular weight excluding hydrogens is 251 g/mol. The minimum atomic E-state index is -3.01. The Labute approximate surface area is 99.7 Å². The molecule has 2 aromatic carbocycles. The van der Waals surface area contributed by atoms with Gasteiger partial charge in [0.1, 0.15) is 5.82 Å². The smallest absolute Gasteiger partial charge is 0.206 e. The van der Waals surface area contributed by atoms with Crippen molar-refractivity contribution in [3.8, 4) is 11.1 Å². The van der Waals surface area contributed by atoms with Crippen LogP contribution in [0.4, 0.5) is 22.0 Å². The van der Waals surface area contributed by atoms with Crippen LogP contribution >= 0.6 is 0 Å². The molecule has 0 aliphatic rings. The van der Waals surface area contributed by atoms with Crippen molar-refractivity contribution in [1.29, 1.82) is 0 Å². The molecule has 0 heterocycles. The molecule has 2 rings (SSSR count). The van der Waals surface area contributed by atoms with Crippen LogP contribution in [0, 0.1) is 17.5 Å². The van der Waals surface area contributed by atoms with Gasteiger partial charge in [-0.1, -0.05) is 18.2 Å². The molecule has 0 spiro atoms. The first-order valence-corrected chi connectivity index (χ1v) is 5.02. The summed E-state index contributed by atoms with van der Waals surface area (Å²) in [5, 5.41) is 0. The third-order valence-electron chi connectivity index (χ3n) is 2.49. The van der Waals surface area contributed by atoms with Crippen molar-refractivity contribution in [2.45, 2.75) is 6.43 Å². The van der Waals surface area contributed by atoms with Gasteiger partial charge in [-0.15, -0.1) is 0 Å². The van der Waals surface area contributed by atoms with Crippen molar-refractivity contribution in [2.75, 3.05) is 0 Å². The van der Waals surface area contributed by atoms with Crippen LogP contribution in [0.5, 0.6) is 0 Å². The SMILES string of the molecule is Fc1ccc(-c2cccc(F)c2F)cc1C(F)F. The first-order valence-electron chi connectivity index (χ1n) is 5.02. The third-order valence-corrected chi connectivity index (χ3v) is 2.49. The lowest BCUT2D eigenvalue weighted by molar-refractivity contribution is 0.146. The van der Waals surface area contributed by atoms with Gasteiger partial charge in [0.2, 0.25) is 0 Å². The Morgan fingerprint density at radius 3 is 2.22 bits per heavy atom. The molecule has 0 atom stereocenters. The maximum absolute atomic E-state index is 13.5. The Hall–Kier alpha value is -1.91. The van der Waals surface area contributed by atoms with E-state index in [0.717, 1.165) is 24.3 Å². The summed E-state index contributed by atoms with van der Waals surface area (Å²) >= 11 is 0. The Morgan fingerprint density at radius 1 is 0.833 bits per heavy atom. The van der Waals surface area contributed by atoms with Gasteiger partial charge < -0.3 is 0 Å². The van der Waals surface area contributed by atoms with Crippen LogP contribution in [-0.4, -0.2) is 0 Å². The van der Waals surface area contributed by atoms with Crippen LogP contribution in [0.2, 0.25) is 0 Å². The first kappa shape index (κ1) is 12.5. The third kappa shape index (κ3) is 2.20. The number of benzene rings is 2. The highest BCUT2D eigenvalue weighted by atomic mass is 19.3. The van der Waals surface area contributed by atoms with E-state index in [4.69, 9.17) is 0 Å². The summed E-state index contributed by atoms with van der Waals surface area (Å²) in [6.45, 7) is 0. The monoisotopic (exact) mass is 258 g/mol. The van der Waals surface area contributed by atoms with Gasteiger partial charge in [0.25, 0.3) is 6.43 Å². The molecule has 0 nitrogen and oxygen atoms in total. The van der Waals surface area contributed by atoms with Crippen molar-refractivity contribution in [3.63, 3.8) is 0 Å². The number of alkyl halides is 2. The van der Waals surface area contributed by atoms with E-state index in [1.807, 2.05) is 0 Å². The lowest BCUT2D eigenvalue weighted by Crippen LogP contribution is -1.94. The van der Waals surface area contributed by atoms with Crippen molar-refractivity contribution < 1.29 is 22.0 Å². The van der Waals surface area contributed by atoms with Crippen molar-refractivity contribution in [1.82, 2.24) is 0 Å². The summed E-state index contributed by atoms with van der Waals surface area (Å²) in [7, 11) is 0. The average molecular weight is 258 g/mol. The fraction of sp³-hybridized carbons (Fsp3) is 0.0769. The number of rotatable bonds is 2. The second kappa shape index (κ2) is 4.76. The fourth-order valence-electron chi connectivity index (χ4n) is 1.61. The molecule has 2 aromatic rings. The summed E-state index contributed by atoms with van der Waals surface area (Å²) in [6, 6.07) is 6.15. The summed E-state index contributed by atoms with van der Waals surface area (Å²) in [5.41, 5.74) is -1.02. The fourth-order valence-corrected chi connectivity index (χ4v) is 1.61. The predicted molar refractivity (Wildman–Crippen MR) is 56.7 cm³/mol. The lowest BCUT2D eigenvalue weighted by atomic mass is 10.0. The molecule has 0 saturated carbocycles. The molecule has 0 aromatic heterocycles. The first-order chi connectivity index (χ1) is 8.50. The van der Waals surface area contributed by atoms with Crippen molar-refractivity contribution >= 4 is 0 Å². The zero-order chi connectivity index (χ0) is 13.3. The van der Waals surface area contributed by atoms with E-state index in [1.54, 1.807) is 0 Å². The lowest BCUT2D eigenvalue weighted by Gasteiger charge is -2.07. The van der Waals surface area contributed by atoms with E-state index in [-0.39, 0.29) is 11.1 Å². The second-order valence-corrected chi connectivity index (χ2v) is 3.64. The maximum atomic E-state index is 13.5. The minimum absolute atomic E-state index is 0.00343. The van der Waals surface area contributed by atoms with E-state index in [0.29, 0.717) is 0 Å². The Kier molecular flexibility index (Phi) is 3.32. The van der Waals surface area contributed by atoms with E-state index in [9.17, 15) is 22.0 Å².